The van der Waals surface area contributed by atoms with Gasteiger partial charge in [0.05, 0.1) is 6.07 Å². The van der Waals surface area contributed by atoms with Gasteiger partial charge in [0.25, 0.3) is 0 Å². The van der Waals surface area contributed by atoms with E-state index in [2.05, 4.69) is 11.4 Å². The number of nitrogens with zero attached hydrogens (tertiary/aromatic N) is 1. The van der Waals surface area contributed by atoms with E-state index in [0.29, 0.717) is 5.41 Å². The second-order valence-electron chi connectivity index (χ2n) is 6.22. The molecule has 3 aliphatic rings. The maximum atomic E-state index is 12.2. The Balaban J connectivity index is 1.58. The van der Waals surface area contributed by atoms with Crippen LogP contribution in [-0.4, -0.2) is 12.5 Å². The minimum atomic E-state index is -0.695. The Morgan fingerprint density at radius 3 is 2.35 bits per heavy atom. The van der Waals surface area contributed by atoms with Crippen molar-refractivity contribution in [2.45, 2.75) is 51.4 Å². The van der Waals surface area contributed by atoms with Crippen molar-refractivity contribution in [2.75, 3.05) is 6.54 Å². The van der Waals surface area contributed by atoms with Crippen LogP contribution in [0.5, 0.6) is 0 Å². The highest BCUT2D eigenvalue weighted by Gasteiger charge is 2.54. The second kappa shape index (κ2) is 3.73. The van der Waals surface area contributed by atoms with Crippen LogP contribution in [0.25, 0.3) is 0 Å². The fraction of sp³-hybridized carbons (Fsp3) is 0.857. The van der Waals surface area contributed by atoms with Crippen LogP contribution < -0.4 is 5.32 Å². The van der Waals surface area contributed by atoms with Crippen LogP contribution in [0.2, 0.25) is 0 Å². The molecule has 0 aliphatic heterocycles. The number of carbonyl (C=O) groups is 1. The van der Waals surface area contributed by atoms with Crippen molar-refractivity contribution < 1.29 is 4.79 Å². The van der Waals surface area contributed by atoms with Crippen LogP contribution in [0.4, 0.5) is 0 Å². The summed E-state index contributed by atoms with van der Waals surface area (Å²) in [6, 6.07) is 2.27. The van der Waals surface area contributed by atoms with Gasteiger partial charge in [0.15, 0.2) is 0 Å². The SMILES string of the molecule is N#CC1(C(=O)NCC2(C3CC3)CC2)CCCC1. The Bertz CT molecular complexity index is 368. The van der Waals surface area contributed by atoms with Gasteiger partial charge in [-0.25, -0.2) is 0 Å². The van der Waals surface area contributed by atoms with E-state index in [9.17, 15) is 10.1 Å². The average Bonchev–Trinajstić information content (AvgIpc) is 3.24. The smallest absolute Gasteiger partial charge is 0.240 e. The molecular formula is C14H20N2O. The van der Waals surface area contributed by atoms with Crippen molar-refractivity contribution in [1.82, 2.24) is 5.32 Å². The van der Waals surface area contributed by atoms with Gasteiger partial charge in [0.2, 0.25) is 5.91 Å². The van der Waals surface area contributed by atoms with Crippen LogP contribution in [0.3, 0.4) is 0 Å². The molecule has 0 aromatic carbocycles. The summed E-state index contributed by atoms with van der Waals surface area (Å²) < 4.78 is 0. The van der Waals surface area contributed by atoms with Gasteiger partial charge in [-0.3, -0.25) is 4.79 Å². The van der Waals surface area contributed by atoms with Gasteiger partial charge in [-0.05, 0) is 49.9 Å². The lowest BCUT2D eigenvalue weighted by Crippen LogP contribution is -2.41. The Labute approximate surface area is 103 Å². The van der Waals surface area contributed by atoms with E-state index in [1.54, 1.807) is 0 Å². The topological polar surface area (TPSA) is 52.9 Å². The molecule has 1 N–H and O–H groups in total. The van der Waals surface area contributed by atoms with Gasteiger partial charge in [-0.2, -0.15) is 5.26 Å². The van der Waals surface area contributed by atoms with E-state index >= 15 is 0 Å². The molecule has 1 amide bonds. The van der Waals surface area contributed by atoms with Crippen LogP contribution in [-0.2, 0) is 4.79 Å². The molecular weight excluding hydrogens is 212 g/mol. The number of hydrogen-bond acceptors (Lipinski definition) is 2. The Hall–Kier alpha value is -1.04. The number of amides is 1. The molecule has 0 atom stereocenters. The largest absolute Gasteiger partial charge is 0.354 e. The van der Waals surface area contributed by atoms with Gasteiger partial charge in [-0.15, -0.1) is 0 Å². The third-order valence-electron chi connectivity index (χ3n) is 5.04. The molecule has 3 aliphatic carbocycles. The summed E-state index contributed by atoms with van der Waals surface area (Å²) in [5.74, 6) is 0.869. The molecule has 3 saturated carbocycles. The summed E-state index contributed by atoms with van der Waals surface area (Å²) in [5.41, 5.74) is -0.259. The number of nitrogens with one attached hydrogen (secondary N) is 1. The van der Waals surface area contributed by atoms with E-state index in [1.807, 2.05) is 0 Å². The summed E-state index contributed by atoms with van der Waals surface area (Å²) in [6.07, 6.45) is 8.80. The van der Waals surface area contributed by atoms with Crippen LogP contribution in [0.15, 0.2) is 0 Å². The molecule has 0 unspecified atom stereocenters. The van der Waals surface area contributed by atoms with Gasteiger partial charge in [0, 0.05) is 6.54 Å². The number of carbonyl (C=O) groups excluding carboxylic acids is 1. The predicted octanol–water partition coefficient (Wildman–Crippen LogP) is 2.38. The third kappa shape index (κ3) is 1.84. The molecule has 92 valence electrons. The molecule has 3 rings (SSSR count). The molecule has 17 heavy (non-hydrogen) atoms. The summed E-state index contributed by atoms with van der Waals surface area (Å²) in [7, 11) is 0. The number of rotatable bonds is 4. The van der Waals surface area contributed by atoms with Gasteiger partial charge < -0.3 is 5.32 Å². The fourth-order valence-electron chi connectivity index (χ4n) is 3.38. The first-order valence-electron chi connectivity index (χ1n) is 6.90. The highest BCUT2D eigenvalue weighted by molar-refractivity contribution is 5.85. The quantitative estimate of drug-likeness (QED) is 0.809. The Kier molecular flexibility index (Phi) is 2.43. The van der Waals surface area contributed by atoms with Crippen LogP contribution in [0, 0.1) is 28.1 Å². The molecule has 0 heterocycles. The summed E-state index contributed by atoms with van der Waals surface area (Å²) in [6.45, 7) is 0.819. The Morgan fingerprint density at radius 1 is 1.24 bits per heavy atom. The van der Waals surface area contributed by atoms with Crippen molar-refractivity contribution in [2.24, 2.45) is 16.7 Å². The minimum absolute atomic E-state index is 0.00410. The van der Waals surface area contributed by atoms with E-state index in [1.165, 1.54) is 25.7 Å². The monoisotopic (exact) mass is 232 g/mol. The minimum Gasteiger partial charge on any atom is -0.354 e. The lowest BCUT2D eigenvalue weighted by molar-refractivity contribution is -0.128. The van der Waals surface area contributed by atoms with Crippen molar-refractivity contribution >= 4 is 5.91 Å². The highest BCUT2D eigenvalue weighted by atomic mass is 16.2. The number of nitriles is 1. The van der Waals surface area contributed by atoms with Crippen LogP contribution >= 0.6 is 0 Å². The summed E-state index contributed by atoms with van der Waals surface area (Å²) in [4.78, 5) is 12.2. The lowest BCUT2D eigenvalue weighted by atomic mass is 9.86. The first kappa shape index (κ1) is 11.1. The second-order valence-corrected chi connectivity index (χ2v) is 6.22. The first-order valence-corrected chi connectivity index (χ1v) is 6.90. The molecule has 0 aromatic rings. The molecule has 3 heteroatoms. The standard InChI is InChI=1S/C14H20N2O/c15-9-13(5-1-2-6-13)12(17)16-10-14(7-8-14)11-3-4-11/h11H,1-8,10H2,(H,16,17). The zero-order valence-corrected chi connectivity index (χ0v) is 10.3. The summed E-state index contributed by atoms with van der Waals surface area (Å²) >= 11 is 0. The van der Waals surface area contributed by atoms with Crippen molar-refractivity contribution in [3.05, 3.63) is 0 Å². The third-order valence-corrected chi connectivity index (χ3v) is 5.04. The lowest BCUT2D eigenvalue weighted by Gasteiger charge is -2.22. The molecule has 0 radical (unpaired) electrons. The fourth-order valence-corrected chi connectivity index (χ4v) is 3.38. The zero-order chi connectivity index (χ0) is 11.9. The maximum Gasteiger partial charge on any atom is 0.240 e. The van der Waals surface area contributed by atoms with Gasteiger partial charge >= 0.3 is 0 Å². The van der Waals surface area contributed by atoms with Gasteiger partial charge in [-0.1, -0.05) is 12.8 Å². The Morgan fingerprint density at radius 2 is 1.88 bits per heavy atom. The van der Waals surface area contributed by atoms with E-state index < -0.39 is 5.41 Å². The molecule has 0 aromatic heterocycles. The van der Waals surface area contributed by atoms with Gasteiger partial charge in [0.1, 0.15) is 5.41 Å². The van der Waals surface area contributed by atoms with E-state index in [-0.39, 0.29) is 5.91 Å². The van der Waals surface area contributed by atoms with Crippen molar-refractivity contribution in [1.29, 1.82) is 5.26 Å². The normalized spacial score (nSPS) is 28.4. The first-order chi connectivity index (χ1) is 8.21. The maximum absolute atomic E-state index is 12.2. The molecule has 0 bridgehead atoms. The predicted molar refractivity (Wildman–Crippen MR) is 63.9 cm³/mol. The molecule has 3 nitrogen and oxygen atoms in total. The van der Waals surface area contributed by atoms with E-state index in [0.717, 1.165) is 38.1 Å². The van der Waals surface area contributed by atoms with Crippen molar-refractivity contribution in [3.63, 3.8) is 0 Å². The summed E-state index contributed by atoms with van der Waals surface area (Å²) in [5, 5.41) is 12.3. The molecule has 0 saturated heterocycles. The highest BCUT2D eigenvalue weighted by Crippen LogP contribution is 2.60. The van der Waals surface area contributed by atoms with Crippen LogP contribution in [0.1, 0.15) is 51.4 Å². The van der Waals surface area contributed by atoms with Crippen molar-refractivity contribution in [3.8, 4) is 6.07 Å². The van der Waals surface area contributed by atoms with E-state index in [4.69, 9.17) is 0 Å². The zero-order valence-electron chi connectivity index (χ0n) is 10.3. The molecule has 3 fully saturated rings. The molecule has 0 spiro atoms. The average molecular weight is 232 g/mol. The number of hydrogen-bond donors (Lipinski definition) is 1.